The number of amides is 2. The zero-order valence-electron chi connectivity index (χ0n) is 16.0. The molecule has 0 radical (unpaired) electrons. The van der Waals surface area contributed by atoms with Gasteiger partial charge in [-0.05, 0) is 49.4 Å². The van der Waals surface area contributed by atoms with Crippen molar-refractivity contribution >= 4 is 29.0 Å². The van der Waals surface area contributed by atoms with Crippen LogP contribution in [0.4, 0.5) is 5.69 Å². The van der Waals surface area contributed by atoms with Crippen molar-refractivity contribution in [3.8, 4) is 11.5 Å². The van der Waals surface area contributed by atoms with Crippen LogP contribution in [0.3, 0.4) is 0 Å². The number of rotatable bonds is 5. The molecular formula is C21H18N2O6. The summed E-state index contributed by atoms with van der Waals surface area (Å²) < 4.78 is 10.5. The number of benzene rings is 2. The number of nitrogens with zero attached hydrogens (tertiary/aromatic N) is 1. The summed E-state index contributed by atoms with van der Waals surface area (Å²) in [5.41, 5.74) is 4.81. The maximum absolute atomic E-state index is 13.1. The molecule has 4 rings (SSSR count). The lowest BCUT2D eigenvalue weighted by molar-refractivity contribution is -0.127. The Morgan fingerprint density at radius 3 is 2.34 bits per heavy atom. The van der Waals surface area contributed by atoms with Gasteiger partial charge in [0.1, 0.15) is 0 Å². The molecule has 2 amide bonds. The van der Waals surface area contributed by atoms with Gasteiger partial charge in [-0.3, -0.25) is 24.7 Å². The molecule has 0 aliphatic carbocycles. The van der Waals surface area contributed by atoms with E-state index in [0.29, 0.717) is 34.0 Å². The van der Waals surface area contributed by atoms with Gasteiger partial charge in [-0.2, -0.15) is 0 Å². The van der Waals surface area contributed by atoms with Crippen molar-refractivity contribution in [2.75, 3.05) is 19.1 Å². The molecule has 8 heteroatoms. The molecule has 1 saturated heterocycles. The molecule has 2 aromatic carbocycles. The summed E-state index contributed by atoms with van der Waals surface area (Å²) in [5.74, 6) is -0.0532. The van der Waals surface area contributed by atoms with Crippen molar-refractivity contribution in [1.82, 2.24) is 5.48 Å². The van der Waals surface area contributed by atoms with Crippen molar-refractivity contribution in [3.63, 3.8) is 0 Å². The molecule has 0 aromatic heterocycles. The van der Waals surface area contributed by atoms with Crippen LogP contribution in [0.15, 0.2) is 48.0 Å². The fourth-order valence-corrected chi connectivity index (χ4v) is 3.39. The smallest absolute Gasteiger partial charge is 0.270 e. The van der Waals surface area contributed by atoms with Crippen LogP contribution in [0.2, 0.25) is 0 Å². The second-order valence-electron chi connectivity index (χ2n) is 6.54. The maximum atomic E-state index is 13.1. The van der Waals surface area contributed by atoms with Gasteiger partial charge in [0.25, 0.3) is 11.8 Å². The average molecular weight is 394 g/mol. The summed E-state index contributed by atoms with van der Waals surface area (Å²) in [6, 6.07) is 11.4. The summed E-state index contributed by atoms with van der Waals surface area (Å²) in [7, 11) is 3.04. The topological polar surface area (TPSA) is 94.2 Å². The number of carbonyl (C=O) groups is 3. The van der Waals surface area contributed by atoms with Gasteiger partial charge in [0.2, 0.25) is 0 Å². The summed E-state index contributed by atoms with van der Waals surface area (Å²) in [4.78, 5) is 43.8. The number of hydrogen-bond donors (Lipinski definition) is 1. The van der Waals surface area contributed by atoms with Gasteiger partial charge < -0.3 is 9.47 Å². The Bertz CT molecular complexity index is 1060. The van der Waals surface area contributed by atoms with Gasteiger partial charge in [-0.25, -0.2) is 4.90 Å². The Labute approximate surface area is 166 Å². The first-order valence-corrected chi connectivity index (χ1v) is 8.83. The predicted octanol–water partition coefficient (Wildman–Crippen LogP) is 2.09. The number of nitrogens with one attached hydrogen (secondary N) is 1. The minimum atomic E-state index is -1.04. The van der Waals surface area contributed by atoms with Gasteiger partial charge in [0.05, 0.1) is 31.2 Å². The van der Waals surface area contributed by atoms with Gasteiger partial charge >= 0.3 is 0 Å². The Morgan fingerprint density at radius 2 is 1.72 bits per heavy atom. The predicted molar refractivity (Wildman–Crippen MR) is 103 cm³/mol. The number of hydroxylamine groups is 1. The minimum Gasteiger partial charge on any atom is -0.493 e. The van der Waals surface area contributed by atoms with Crippen LogP contribution in [0.1, 0.15) is 22.8 Å². The number of imide groups is 1. The Balaban J connectivity index is 1.74. The molecule has 1 atom stereocenters. The lowest BCUT2D eigenvalue weighted by Gasteiger charge is -2.16. The fourth-order valence-electron chi connectivity index (χ4n) is 3.39. The van der Waals surface area contributed by atoms with Crippen molar-refractivity contribution in [2.24, 2.45) is 0 Å². The van der Waals surface area contributed by atoms with Crippen LogP contribution in [0.5, 0.6) is 11.5 Å². The lowest BCUT2D eigenvalue weighted by atomic mass is 10.0. The molecule has 1 N–H and O–H groups in total. The van der Waals surface area contributed by atoms with E-state index in [1.807, 2.05) is 0 Å². The molecule has 2 aromatic rings. The highest BCUT2D eigenvalue weighted by Crippen LogP contribution is 2.38. The van der Waals surface area contributed by atoms with E-state index in [1.165, 1.54) is 21.1 Å². The largest absolute Gasteiger partial charge is 0.493 e. The highest BCUT2D eigenvalue weighted by Gasteiger charge is 2.50. The number of ketones is 1. The van der Waals surface area contributed by atoms with Gasteiger partial charge in [-0.1, -0.05) is 0 Å². The highest BCUT2D eigenvalue weighted by atomic mass is 16.7. The lowest BCUT2D eigenvalue weighted by Crippen LogP contribution is -2.34. The normalized spacial score (nSPS) is 18.0. The van der Waals surface area contributed by atoms with Gasteiger partial charge in [0.15, 0.2) is 23.4 Å². The zero-order valence-corrected chi connectivity index (χ0v) is 16.0. The number of fused-ring (bicyclic) bond motifs is 1. The minimum absolute atomic E-state index is 0.0986. The van der Waals surface area contributed by atoms with Crippen LogP contribution in [-0.2, 0) is 14.4 Å². The highest BCUT2D eigenvalue weighted by molar-refractivity contribution is 6.33. The molecule has 1 fully saturated rings. The van der Waals surface area contributed by atoms with Crippen molar-refractivity contribution < 1.29 is 28.7 Å². The Hall–Kier alpha value is -3.65. The van der Waals surface area contributed by atoms with E-state index in [1.54, 1.807) is 42.5 Å². The number of methoxy groups -OCH3 is 2. The summed E-state index contributed by atoms with van der Waals surface area (Å²) in [6.45, 7) is 1.45. The van der Waals surface area contributed by atoms with Crippen LogP contribution >= 0.6 is 0 Å². The SMILES string of the molecule is COc1ccc(C2=C3C(=O)N(c4ccc(C(C)=O)cc4)C(=O)[C@H]3ON2)cc1OC. The molecule has 8 nitrogen and oxygen atoms in total. The molecule has 148 valence electrons. The summed E-state index contributed by atoms with van der Waals surface area (Å²) in [5, 5.41) is 0. The molecular weight excluding hydrogens is 376 g/mol. The Morgan fingerprint density at radius 1 is 1.03 bits per heavy atom. The number of carbonyl (C=O) groups excluding carboxylic acids is 3. The Kier molecular flexibility index (Phi) is 4.56. The van der Waals surface area contributed by atoms with Crippen LogP contribution < -0.4 is 19.9 Å². The third kappa shape index (κ3) is 2.94. The van der Waals surface area contributed by atoms with E-state index in [9.17, 15) is 14.4 Å². The first-order chi connectivity index (χ1) is 14.0. The monoisotopic (exact) mass is 394 g/mol. The van der Waals surface area contributed by atoms with Crippen LogP contribution in [-0.4, -0.2) is 37.9 Å². The molecule has 0 unspecified atom stereocenters. The van der Waals surface area contributed by atoms with Crippen molar-refractivity contribution in [3.05, 3.63) is 59.2 Å². The van der Waals surface area contributed by atoms with Crippen molar-refractivity contribution in [1.29, 1.82) is 0 Å². The number of hydrogen-bond acceptors (Lipinski definition) is 7. The third-order valence-electron chi connectivity index (χ3n) is 4.89. The first kappa shape index (κ1) is 18.7. The van der Waals surface area contributed by atoms with E-state index >= 15 is 0 Å². The molecule has 29 heavy (non-hydrogen) atoms. The van der Waals surface area contributed by atoms with Crippen LogP contribution in [0, 0.1) is 0 Å². The molecule has 2 heterocycles. The molecule has 0 spiro atoms. The standard InChI is InChI=1S/C21H18N2O6/c1-11(24)12-4-7-14(8-5-12)23-20(25)17-18(22-29-19(17)21(23)26)13-6-9-15(27-2)16(10-13)28-3/h4-10,19,22H,1-3H3/t19-/m0/s1. The van der Waals surface area contributed by atoms with E-state index in [4.69, 9.17) is 14.3 Å². The zero-order chi connectivity index (χ0) is 20.7. The second kappa shape index (κ2) is 7.06. The van der Waals surface area contributed by atoms with E-state index < -0.39 is 17.9 Å². The number of Topliss-reactive ketones (excluding diaryl/α,β-unsaturated/α-hetero) is 1. The third-order valence-corrected chi connectivity index (χ3v) is 4.89. The number of anilines is 1. The van der Waals surface area contributed by atoms with E-state index in [0.717, 1.165) is 4.90 Å². The summed E-state index contributed by atoms with van der Waals surface area (Å²) >= 11 is 0. The first-order valence-electron chi connectivity index (χ1n) is 8.83. The fraction of sp³-hybridized carbons (Fsp3) is 0.190. The molecule has 2 aliphatic rings. The summed E-state index contributed by atoms with van der Waals surface area (Å²) in [6.07, 6.45) is -1.04. The average Bonchev–Trinajstić information content (AvgIpc) is 3.27. The van der Waals surface area contributed by atoms with Crippen LogP contribution in [0.25, 0.3) is 5.70 Å². The molecule has 0 bridgehead atoms. The maximum Gasteiger partial charge on any atom is 0.270 e. The van der Waals surface area contributed by atoms with E-state index in [-0.39, 0.29) is 11.4 Å². The molecule has 0 saturated carbocycles. The quantitative estimate of drug-likeness (QED) is 0.613. The van der Waals surface area contributed by atoms with Crippen molar-refractivity contribution in [2.45, 2.75) is 13.0 Å². The van der Waals surface area contributed by atoms with Gasteiger partial charge in [-0.15, -0.1) is 0 Å². The second-order valence-corrected chi connectivity index (χ2v) is 6.54. The number of ether oxygens (including phenoxy) is 2. The molecule has 2 aliphatic heterocycles. The van der Waals surface area contributed by atoms with E-state index in [2.05, 4.69) is 5.48 Å². The van der Waals surface area contributed by atoms with Gasteiger partial charge in [0, 0.05) is 11.1 Å².